The van der Waals surface area contributed by atoms with Crippen molar-refractivity contribution < 1.29 is 4.39 Å². The summed E-state index contributed by atoms with van der Waals surface area (Å²) in [6.07, 6.45) is 0.530. The van der Waals surface area contributed by atoms with Crippen molar-refractivity contribution in [2.24, 2.45) is 5.73 Å². The van der Waals surface area contributed by atoms with Crippen LogP contribution >= 0.6 is 23.2 Å². The summed E-state index contributed by atoms with van der Waals surface area (Å²) < 4.78 is 13.8. The number of nitrogens with two attached hydrogens (primary N) is 1. The molecule has 0 aromatic heterocycles. The van der Waals surface area contributed by atoms with Crippen molar-refractivity contribution in [3.05, 3.63) is 57.8 Å². The van der Waals surface area contributed by atoms with Crippen LogP contribution in [0, 0.1) is 5.82 Å². The second-order valence-electron chi connectivity index (χ2n) is 4.00. The molecule has 0 heterocycles. The van der Waals surface area contributed by atoms with Gasteiger partial charge in [-0.15, -0.1) is 0 Å². The predicted octanol–water partition coefficient (Wildman–Crippen LogP) is 4.30. The number of hydrogen-bond acceptors (Lipinski definition) is 1. The van der Waals surface area contributed by atoms with Gasteiger partial charge in [-0.05, 0) is 53.9 Å². The van der Waals surface area contributed by atoms with Crippen molar-refractivity contribution in [2.75, 3.05) is 6.54 Å². The maximum Gasteiger partial charge on any atom is 0.127 e. The fourth-order valence-electron chi connectivity index (χ4n) is 1.81. The molecule has 0 saturated carbocycles. The van der Waals surface area contributed by atoms with E-state index in [9.17, 15) is 4.39 Å². The van der Waals surface area contributed by atoms with Crippen molar-refractivity contribution in [1.82, 2.24) is 0 Å². The van der Waals surface area contributed by atoms with Gasteiger partial charge < -0.3 is 5.73 Å². The molecule has 0 saturated heterocycles. The van der Waals surface area contributed by atoms with Crippen LogP contribution in [0.1, 0.15) is 5.56 Å². The van der Waals surface area contributed by atoms with Gasteiger partial charge in [0, 0.05) is 10.0 Å². The van der Waals surface area contributed by atoms with Gasteiger partial charge in [0.15, 0.2) is 0 Å². The smallest absolute Gasteiger partial charge is 0.127 e. The van der Waals surface area contributed by atoms with E-state index in [2.05, 4.69) is 0 Å². The van der Waals surface area contributed by atoms with Gasteiger partial charge in [0.1, 0.15) is 5.82 Å². The first-order chi connectivity index (χ1) is 8.60. The summed E-state index contributed by atoms with van der Waals surface area (Å²) in [7, 11) is 0. The summed E-state index contributed by atoms with van der Waals surface area (Å²) in [4.78, 5) is 0. The molecular formula is C14H12Cl2FN. The highest BCUT2D eigenvalue weighted by Crippen LogP contribution is 2.28. The first-order valence-corrected chi connectivity index (χ1v) is 6.30. The molecule has 0 bridgehead atoms. The Kier molecular flexibility index (Phi) is 4.23. The Labute approximate surface area is 115 Å². The van der Waals surface area contributed by atoms with Gasteiger partial charge in [0.25, 0.3) is 0 Å². The molecule has 4 heteroatoms. The molecule has 2 rings (SSSR count). The molecule has 94 valence electrons. The molecule has 18 heavy (non-hydrogen) atoms. The maximum absolute atomic E-state index is 13.8. The normalized spacial score (nSPS) is 10.7. The van der Waals surface area contributed by atoms with Gasteiger partial charge in [-0.2, -0.15) is 0 Å². The van der Waals surface area contributed by atoms with Crippen molar-refractivity contribution >= 4 is 23.2 Å². The third-order valence-electron chi connectivity index (χ3n) is 2.66. The SMILES string of the molecule is NCCc1ccc(-c2cc(Cl)cc(Cl)c2)cc1F. The highest BCUT2D eigenvalue weighted by molar-refractivity contribution is 6.35. The van der Waals surface area contributed by atoms with Crippen LogP contribution in [0.5, 0.6) is 0 Å². The zero-order valence-corrected chi connectivity index (χ0v) is 11.1. The van der Waals surface area contributed by atoms with Crippen molar-refractivity contribution in [3.63, 3.8) is 0 Å². The van der Waals surface area contributed by atoms with Crippen LogP contribution in [0.15, 0.2) is 36.4 Å². The molecule has 2 aromatic carbocycles. The van der Waals surface area contributed by atoms with Crippen molar-refractivity contribution in [1.29, 1.82) is 0 Å². The Morgan fingerprint density at radius 2 is 1.61 bits per heavy atom. The van der Waals surface area contributed by atoms with Crippen molar-refractivity contribution in [3.8, 4) is 11.1 Å². The molecule has 1 nitrogen and oxygen atoms in total. The average molecular weight is 284 g/mol. The average Bonchev–Trinajstić information content (AvgIpc) is 2.30. The van der Waals surface area contributed by atoms with Crippen LogP contribution in [0.25, 0.3) is 11.1 Å². The van der Waals surface area contributed by atoms with Crippen LogP contribution in [0.4, 0.5) is 4.39 Å². The molecule has 0 aliphatic rings. The summed E-state index contributed by atoms with van der Waals surface area (Å²) in [5.41, 5.74) is 7.58. The molecule has 2 aromatic rings. The van der Waals surface area contributed by atoms with Gasteiger partial charge in [0.05, 0.1) is 0 Å². The molecule has 0 spiro atoms. The van der Waals surface area contributed by atoms with Crippen LogP contribution in [0.3, 0.4) is 0 Å². The van der Waals surface area contributed by atoms with E-state index < -0.39 is 0 Å². The molecule has 0 atom stereocenters. The van der Waals surface area contributed by atoms with E-state index in [0.29, 0.717) is 28.6 Å². The molecule has 0 radical (unpaired) electrons. The first kappa shape index (κ1) is 13.3. The standard InChI is InChI=1S/C14H12Cl2FN/c15-12-5-11(6-13(16)8-12)10-2-1-9(3-4-18)14(17)7-10/h1-2,5-8H,3-4,18H2. The Morgan fingerprint density at radius 1 is 0.944 bits per heavy atom. The highest BCUT2D eigenvalue weighted by Gasteiger charge is 2.06. The second-order valence-corrected chi connectivity index (χ2v) is 4.88. The largest absolute Gasteiger partial charge is 0.330 e. The fourth-order valence-corrected chi connectivity index (χ4v) is 2.33. The molecule has 0 fully saturated rings. The third kappa shape index (κ3) is 3.02. The van der Waals surface area contributed by atoms with Crippen molar-refractivity contribution in [2.45, 2.75) is 6.42 Å². The zero-order chi connectivity index (χ0) is 13.1. The number of hydrogen-bond donors (Lipinski definition) is 1. The van der Waals surface area contributed by atoms with Gasteiger partial charge in [-0.3, -0.25) is 0 Å². The maximum atomic E-state index is 13.8. The lowest BCUT2D eigenvalue weighted by molar-refractivity contribution is 0.610. The second kappa shape index (κ2) is 5.70. The summed E-state index contributed by atoms with van der Waals surface area (Å²) >= 11 is 11.9. The zero-order valence-electron chi connectivity index (χ0n) is 9.59. The van der Waals surface area contributed by atoms with Gasteiger partial charge >= 0.3 is 0 Å². The van der Waals surface area contributed by atoms with E-state index >= 15 is 0 Å². The number of rotatable bonds is 3. The summed E-state index contributed by atoms with van der Waals surface area (Å²) in [5, 5.41) is 1.06. The molecular weight excluding hydrogens is 272 g/mol. The first-order valence-electron chi connectivity index (χ1n) is 5.55. The minimum atomic E-state index is -0.256. The van der Waals surface area contributed by atoms with E-state index in [0.717, 1.165) is 11.1 Å². The Balaban J connectivity index is 2.42. The molecule has 0 amide bonds. The summed E-state index contributed by atoms with van der Waals surface area (Å²) in [5.74, 6) is -0.256. The lowest BCUT2D eigenvalue weighted by Gasteiger charge is -2.07. The van der Waals surface area contributed by atoms with Crippen LogP contribution < -0.4 is 5.73 Å². The molecule has 0 aliphatic carbocycles. The van der Waals surface area contributed by atoms with E-state index in [1.54, 1.807) is 24.3 Å². The summed E-state index contributed by atoms with van der Waals surface area (Å²) in [6.45, 7) is 0.430. The highest BCUT2D eigenvalue weighted by atomic mass is 35.5. The van der Waals surface area contributed by atoms with Crippen LogP contribution in [-0.4, -0.2) is 6.54 Å². The number of benzene rings is 2. The van der Waals surface area contributed by atoms with Gasteiger partial charge in [0.2, 0.25) is 0 Å². The lowest BCUT2D eigenvalue weighted by atomic mass is 10.0. The summed E-state index contributed by atoms with van der Waals surface area (Å²) in [6, 6.07) is 10.2. The predicted molar refractivity (Wildman–Crippen MR) is 74.6 cm³/mol. The van der Waals surface area contributed by atoms with Crippen LogP contribution in [-0.2, 0) is 6.42 Å². The molecule has 2 N–H and O–H groups in total. The van der Waals surface area contributed by atoms with E-state index in [-0.39, 0.29) is 5.82 Å². The van der Waals surface area contributed by atoms with Gasteiger partial charge in [-0.1, -0.05) is 35.3 Å². The fraction of sp³-hybridized carbons (Fsp3) is 0.143. The Hall–Kier alpha value is -1.09. The molecule has 0 unspecified atom stereocenters. The van der Waals surface area contributed by atoms with E-state index in [1.807, 2.05) is 6.07 Å². The minimum absolute atomic E-state index is 0.256. The number of halogens is 3. The van der Waals surface area contributed by atoms with E-state index in [1.165, 1.54) is 6.07 Å². The lowest BCUT2D eigenvalue weighted by Crippen LogP contribution is -2.04. The monoisotopic (exact) mass is 283 g/mol. The Bertz CT molecular complexity index is 549. The van der Waals surface area contributed by atoms with Gasteiger partial charge in [-0.25, -0.2) is 4.39 Å². The quantitative estimate of drug-likeness (QED) is 0.893. The minimum Gasteiger partial charge on any atom is -0.330 e. The molecule has 0 aliphatic heterocycles. The third-order valence-corrected chi connectivity index (χ3v) is 3.10. The van der Waals surface area contributed by atoms with E-state index in [4.69, 9.17) is 28.9 Å². The van der Waals surface area contributed by atoms with Crippen LogP contribution in [0.2, 0.25) is 10.0 Å². The topological polar surface area (TPSA) is 26.0 Å². The Morgan fingerprint density at radius 3 is 2.17 bits per heavy atom.